The second-order valence-electron chi connectivity index (χ2n) is 13.6. The molecule has 1 atom stereocenters. The molecule has 2 aromatic carbocycles. The van der Waals surface area contributed by atoms with Crippen LogP contribution in [0, 0.1) is 0 Å². The van der Waals surface area contributed by atoms with Gasteiger partial charge in [0, 0.05) is 60.7 Å². The Morgan fingerprint density at radius 3 is 2.20 bits per heavy atom. The number of para-hydroxylation sites is 2. The third kappa shape index (κ3) is 8.18. The summed E-state index contributed by atoms with van der Waals surface area (Å²) in [4.78, 5) is 64.3. The van der Waals surface area contributed by atoms with Crippen molar-refractivity contribution in [1.29, 1.82) is 0 Å². The van der Waals surface area contributed by atoms with Gasteiger partial charge in [-0.2, -0.15) is 0 Å². The summed E-state index contributed by atoms with van der Waals surface area (Å²) >= 11 is 6.98. The number of H-pyrrole nitrogens is 1. The summed E-state index contributed by atoms with van der Waals surface area (Å²) in [5.74, 6) is -0.417. The Labute approximate surface area is 303 Å². The van der Waals surface area contributed by atoms with Crippen LogP contribution in [-0.4, -0.2) is 112 Å². The minimum absolute atomic E-state index is 0.0447. The van der Waals surface area contributed by atoms with E-state index in [0.717, 1.165) is 42.5 Å². The van der Waals surface area contributed by atoms with Gasteiger partial charge >= 0.3 is 11.7 Å². The molecule has 12 nitrogen and oxygen atoms in total. The van der Waals surface area contributed by atoms with Gasteiger partial charge in [-0.15, -0.1) is 0 Å². The van der Waals surface area contributed by atoms with Gasteiger partial charge in [0.25, 0.3) is 0 Å². The highest BCUT2D eigenvalue weighted by Gasteiger charge is 2.33. The average Bonchev–Trinajstić information content (AvgIpc) is 3.45. The summed E-state index contributed by atoms with van der Waals surface area (Å²) in [5, 5.41) is 2.98. The minimum atomic E-state index is -0.911. The summed E-state index contributed by atoms with van der Waals surface area (Å²) < 4.78 is 3.15. The minimum Gasteiger partial charge on any atom is -0.397 e. The molecule has 6 rings (SSSR count). The van der Waals surface area contributed by atoms with Crippen molar-refractivity contribution in [2.75, 3.05) is 58.6 Å². The predicted molar refractivity (Wildman–Crippen MR) is 197 cm³/mol. The van der Waals surface area contributed by atoms with Gasteiger partial charge < -0.3 is 35.6 Å². The van der Waals surface area contributed by atoms with Crippen LogP contribution in [0.4, 0.5) is 10.5 Å². The standard InChI is InChI=1S/C35H46Br2N8O4/c1-41(22-31(46)43-15-9-24(10-16-43)42-13-5-2-6-14-42)33(47)29(21-23-19-26(36)32(38)27(37)20-23)40-34(48)44-17-11-25(12-18-44)45-30-8-4-3-7-28(30)39-35(45)49/h3-4,7-8,19-20,24-25,29H,2,5-6,9-18,21-22,38H2,1H3,(H,39,49)(H,40,48)/t29-/m1/s1. The van der Waals surface area contributed by atoms with Crippen LogP contribution in [0.5, 0.6) is 0 Å². The number of piperidine rings is 3. The maximum absolute atomic E-state index is 14.0. The number of hydrogen-bond donors (Lipinski definition) is 3. The van der Waals surface area contributed by atoms with Crippen LogP contribution in [0.25, 0.3) is 11.0 Å². The Kier molecular flexibility index (Phi) is 11.3. The van der Waals surface area contributed by atoms with Crippen LogP contribution in [0.1, 0.15) is 56.6 Å². The summed E-state index contributed by atoms with van der Waals surface area (Å²) in [5.41, 5.74) is 8.94. The molecule has 0 unspecified atom stereocenters. The molecule has 3 aromatic rings. The highest BCUT2D eigenvalue weighted by Crippen LogP contribution is 2.30. The number of carbonyl (C=O) groups excluding carboxylic acids is 3. The van der Waals surface area contributed by atoms with Crippen molar-refractivity contribution < 1.29 is 14.4 Å². The molecule has 3 saturated heterocycles. The number of nitrogens with zero attached hydrogens (tertiary/aromatic N) is 5. The van der Waals surface area contributed by atoms with Gasteiger partial charge in [-0.3, -0.25) is 14.2 Å². The molecule has 3 fully saturated rings. The third-order valence-corrected chi connectivity index (χ3v) is 11.7. The summed E-state index contributed by atoms with van der Waals surface area (Å²) in [7, 11) is 1.62. The molecule has 0 aliphatic carbocycles. The fourth-order valence-corrected chi connectivity index (χ4v) is 8.89. The lowest BCUT2D eigenvalue weighted by atomic mass is 10.00. The van der Waals surface area contributed by atoms with E-state index in [4.69, 9.17) is 5.73 Å². The number of anilines is 1. The number of aromatic nitrogens is 2. The lowest BCUT2D eigenvalue weighted by Gasteiger charge is -2.40. The SMILES string of the molecule is CN(CC(=O)N1CCC(N2CCCCC2)CC1)C(=O)[C@@H](Cc1cc(Br)c(N)c(Br)c1)NC(=O)N1CCC(n2c(=O)[nH]c3ccccc32)CC1. The number of carbonyl (C=O) groups is 3. The van der Waals surface area contributed by atoms with Gasteiger partial charge in [0.1, 0.15) is 6.04 Å². The van der Waals surface area contributed by atoms with Gasteiger partial charge in [-0.1, -0.05) is 18.6 Å². The van der Waals surface area contributed by atoms with Crippen LogP contribution in [-0.2, 0) is 16.0 Å². The van der Waals surface area contributed by atoms with Crippen LogP contribution >= 0.6 is 31.9 Å². The Hall–Kier alpha value is -3.36. The van der Waals surface area contributed by atoms with E-state index in [0.29, 0.717) is 59.7 Å². The number of hydrogen-bond acceptors (Lipinski definition) is 6. The second kappa shape index (κ2) is 15.7. The molecule has 4 heterocycles. The number of nitrogens with two attached hydrogens (primary N) is 1. The molecular formula is C35H46Br2N8O4. The zero-order valence-electron chi connectivity index (χ0n) is 28.0. The molecule has 3 aliphatic rings. The molecule has 4 N–H and O–H groups in total. The summed E-state index contributed by atoms with van der Waals surface area (Å²) in [6.45, 7) is 4.48. The van der Waals surface area contributed by atoms with Crippen LogP contribution < -0.4 is 16.7 Å². The Morgan fingerprint density at radius 1 is 0.918 bits per heavy atom. The fourth-order valence-electron chi connectivity index (χ4n) is 7.61. The quantitative estimate of drug-likeness (QED) is 0.290. The summed E-state index contributed by atoms with van der Waals surface area (Å²) in [6, 6.07) is 10.5. The van der Waals surface area contributed by atoms with E-state index >= 15 is 0 Å². The highest BCUT2D eigenvalue weighted by molar-refractivity contribution is 9.11. The fraction of sp³-hybridized carbons (Fsp3) is 0.543. The first kappa shape index (κ1) is 35.5. The second-order valence-corrected chi connectivity index (χ2v) is 15.3. The molecule has 49 heavy (non-hydrogen) atoms. The van der Waals surface area contributed by atoms with E-state index in [1.165, 1.54) is 24.2 Å². The van der Waals surface area contributed by atoms with Crippen molar-refractivity contribution >= 4 is 66.4 Å². The van der Waals surface area contributed by atoms with E-state index in [1.54, 1.807) is 16.5 Å². The molecular weight excluding hydrogens is 756 g/mol. The smallest absolute Gasteiger partial charge is 0.326 e. The topological polar surface area (TPSA) is 140 Å². The number of urea groups is 1. The zero-order chi connectivity index (χ0) is 34.7. The largest absolute Gasteiger partial charge is 0.397 e. The average molecular weight is 803 g/mol. The van der Waals surface area contributed by atoms with Crippen molar-refractivity contribution in [3.05, 3.63) is 61.4 Å². The van der Waals surface area contributed by atoms with Gasteiger partial charge in [0.15, 0.2) is 0 Å². The van der Waals surface area contributed by atoms with E-state index in [-0.39, 0.29) is 42.5 Å². The van der Waals surface area contributed by atoms with Crippen LogP contribution in [0.15, 0.2) is 50.1 Å². The van der Waals surface area contributed by atoms with Gasteiger partial charge in [0.05, 0.1) is 23.3 Å². The van der Waals surface area contributed by atoms with Crippen molar-refractivity contribution in [2.45, 2.75) is 69.5 Å². The molecule has 264 valence electrons. The van der Waals surface area contributed by atoms with Gasteiger partial charge in [0.2, 0.25) is 11.8 Å². The van der Waals surface area contributed by atoms with Gasteiger partial charge in [-0.25, -0.2) is 9.59 Å². The lowest BCUT2D eigenvalue weighted by Crippen LogP contribution is -2.55. The number of fused-ring (bicyclic) bond motifs is 1. The van der Waals surface area contributed by atoms with E-state index in [1.807, 2.05) is 41.3 Å². The molecule has 14 heteroatoms. The first-order valence-electron chi connectivity index (χ1n) is 17.3. The first-order valence-corrected chi connectivity index (χ1v) is 18.9. The van der Waals surface area contributed by atoms with E-state index in [2.05, 4.69) is 47.1 Å². The normalized spacial score (nSPS) is 18.8. The van der Waals surface area contributed by atoms with Crippen molar-refractivity contribution in [3.63, 3.8) is 0 Å². The Morgan fingerprint density at radius 2 is 1.53 bits per heavy atom. The maximum atomic E-state index is 14.0. The summed E-state index contributed by atoms with van der Waals surface area (Å²) in [6.07, 6.45) is 7.13. The number of benzene rings is 2. The van der Waals surface area contributed by atoms with E-state index < -0.39 is 6.04 Å². The Bertz CT molecular complexity index is 1700. The number of halogens is 2. The predicted octanol–water partition coefficient (Wildman–Crippen LogP) is 4.33. The van der Waals surface area contributed by atoms with Crippen LogP contribution in [0.2, 0.25) is 0 Å². The number of nitrogen functional groups attached to an aromatic ring is 1. The van der Waals surface area contributed by atoms with Gasteiger partial charge in [-0.05, 0) is 113 Å². The van der Waals surface area contributed by atoms with Crippen molar-refractivity contribution in [1.82, 2.24) is 34.5 Å². The molecule has 4 amide bonds. The number of nitrogens with one attached hydrogen (secondary N) is 2. The molecule has 1 aromatic heterocycles. The number of likely N-dealkylation sites (tertiary alicyclic amines) is 3. The number of imidazole rings is 1. The van der Waals surface area contributed by atoms with Crippen LogP contribution in [0.3, 0.4) is 0 Å². The Balaban J connectivity index is 1.09. The zero-order valence-corrected chi connectivity index (χ0v) is 31.2. The number of amides is 4. The maximum Gasteiger partial charge on any atom is 0.326 e. The highest BCUT2D eigenvalue weighted by atomic mass is 79.9. The number of aromatic amines is 1. The molecule has 0 bridgehead atoms. The number of likely N-dealkylation sites (N-methyl/N-ethyl adjacent to an activating group) is 1. The lowest BCUT2D eigenvalue weighted by molar-refractivity contribution is -0.141. The first-order chi connectivity index (χ1) is 23.6. The monoisotopic (exact) mass is 800 g/mol. The molecule has 0 saturated carbocycles. The van der Waals surface area contributed by atoms with Crippen molar-refractivity contribution in [2.24, 2.45) is 0 Å². The van der Waals surface area contributed by atoms with E-state index in [9.17, 15) is 19.2 Å². The molecule has 0 spiro atoms. The third-order valence-electron chi connectivity index (χ3n) is 10.4. The van der Waals surface area contributed by atoms with Crippen molar-refractivity contribution in [3.8, 4) is 0 Å². The molecule has 3 aliphatic heterocycles. The molecule has 0 radical (unpaired) electrons. The number of rotatable bonds is 8.